The Bertz CT molecular complexity index is 3020. The summed E-state index contributed by atoms with van der Waals surface area (Å²) in [7, 11) is 0. The monoisotopic (exact) mass is 1060 g/mol. The van der Waals surface area contributed by atoms with Gasteiger partial charge in [-0.3, -0.25) is 14.4 Å². The molecule has 3 amide bonds. The molecule has 3 aromatic carbocycles. The summed E-state index contributed by atoms with van der Waals surface area (Å²) in [5.41, 5.74) is 6.15. The molecule has 0 spiro atoms. The molecule has 1 fully saturated rings. The Morgan fingerprint density at radius 3 is 2.46 bits per heavy atom. The van der Waals surface area contributed by atoms with E-state index in [0.29, 0.717) is 46.9 Å². The van der Waals surface area contributed by atoms with Crippen LogP contribution in [0, 0.1) is 25.1 Å². The predicted molar refractivity (Wildman–Crippen MR) is 286 cm³/mol. The minimum atomic E-state index is -1.02. The molecule has 5 N–H and O–H groups in total. The van der Waals surface area contributed by atoms with Crippen molar-refractivity contribution in [1.29, 1.82) is 0 Å². The van der Waals surface area contributed by atoms with Crippen molar-refractivity contribution in [2.45, 2.75) is 104 Å². The Labute approximate surface area is 441 Å². The van der Waals surface area contributed by atoms with Crippen molar-refractivity contribution >= 4 is 83.8 Å². The van der Waals surface area contributed by atoms with Crippen LogP contribution < -0.4 is 25.6 Å². The van der Waals surface area contributed by atoms with E-state index in [1.165, 1.54) is 33.6 Å². The molecule has 17 nitrogen and oxygen atoms in total. The summed E-state index contributed by atoms with van der Waals surface area (Å²) in [6.45, 7) is 11.3. The third-order valence-electron chi connectivity index (χ3n) is 12.6. The van der Waals surface area contributed by atoms with Gasteiger partial charge in [0.05, 0.1) is 57.4 Å². The summed E-state index contributed by atoms with van der Waals surface area (Å²) >= 11 is 4.46. The normalized spacial score (nSPS) is 15.5. The van der Waals surface area contributed by atoms with Gasteiger partial charge in [-0.1, -0.05) is 80.6 Å². The smallest absolute Gasteiger partial charge is 0.246 e. The highest BCUT2D eigenvalue weighted by Crippen LogP contribution is 2.36. The highest BCUT2D eigenvalue weighted by molar-refractivity contribution is 7.22. The third kappa shape index (κ3) is 13.2. The van der Waals surface area contributed by atoms with E-state index in [2.05, 4.69) is 36.1 Å². The van der Waals surface area contributed by atoms with Crippen molar-refractivity contribution in [3.8, 4) is 16.2 Å². The molecule has 5 heterocycles. The Morgan fingerprint density at radius 2 is 1.74 bits per heavy atom. The molecule has 1 saturated heterocycles. The number of nitrogens with one attached hydrogen (secondary N) is 3. The van der Waals surface area contributed by atoms with Gasteiger partial charge in [0.2, 0.25) is 17.7 Å². The molecule has 7 aromatic rings. The van der Waals surface area contributed by atoms with Gasteiger partial charge in [-0.15, -0.1) is 32.9 Å². The lowest BCUT2D eigenvalue weighted by molar-refractivity contribution is -0.144. The number of aromatic nitrogens is 5. The Hall–Kier alpha value is -6.49. The molecular weight excluding hydrogens is 1000 g/mol. The molecule has 8 rings (SSSR count). The number of ether oxygens (including phenoxy) is 2. The van der Waals surface area contributed by atoms with Gasteiger partial charge in [-0.05, 0) is 92.5 Å². The van der Waals surface area contributed by atoms with Crippen LogP contribution in [-0.4, -0.2) is 103 Å². The van der Waals surface area contributed by atoms with Gasteiger partial charge in [-0.25, -0.2) is 19.3 Å². The maximum absolute atomic E-state index is 14.5. The molecule has 0 aliphatic carbocycles. The van der Waals surface area contributed by atoms with Crippen LogP contribution in [0.4, 0.5) is 26.3 Å². The minimum Gasteiger partial charge on any atom is -0.491 e. The molecule has 0 saturated carbocycles. The summed E-state index contributed by atoms with van der Waals surface area (Å²) in [4.78, 5) is 61.6. The molecule has 4 aromatic heterocycles. The SMILES string of the molecule is Cc1cc(N(CCCC(=O)N[C@H](C(=O)N2C[C@H](O)C[C@H]2C(=O)N[C@@H](C)c2ccc(-c3scnc3C)cc2)C(C)(C)C)c2nc(COCO)c(CCCOc3ccccc3F)s2)nnc1Nc1nc2ccccc2s1. The first-order valence-corrected chi connectivity index (χ1v) is 26.9. The van der Waals surface area contributed by atoms with Gasteiger partial charge >= 0.3 is 0 Å². The van der Waals surface area contributed by atoms with Crippen molar-refractivity contribution in [3.05, 3.63) is 118 Å². The van der Waals surface area contributed by atoms with E-state index in [-0.39, 0.29) is 56.8 Å². The molecule has 21 heteroatoms. The van der Waals surface area contributed by atoms with Gasteiger partial charge in [0.1, 0.15) is 18.9 Å². The number of para-hydroxylation sites is 2. The van der Waals surface area contributed by atoms with E-state index < -0.39 is 48.0 Å². The fraction of sp³-hybridized carbons (Fsp3) is 0.396. The maximum atomic E-state index is 14.5. The quantitative estimate of drug-likeness (QED) is 0.0317. The number of halogens is 1. The number of nitrogens with zero attached hydrogens (tertiary/aromatic N) is 7. The Balaban J connectivity index is 0.961. The topological polar surface area (TPSA) is 217 Å². The van der Waals surface area contributed by atoms with Crippen LogP contribution in [0.5, 0.6) is 5.75 Å². The zero-order chi connectivity index (χ0) is 52.5. The van der Waals surface area contributed by atoms with Crippen LogP contribution in [0.2, 0.25) is 0 Å². The van der Waals surface area contributed by atoms with E-state index in [9.17, 15) is 29.0 Å². The van der Waals surface area contributed by atoms with E-state index in [1.54, 1.807) is 29.5 Å². The third-order valence-corrected chi connectivity index (χ3v) is 15.7. The van der Waals surface area contributed by atoms with Crippen molar-refractivity contribution in [1.82, 2.24) is 40.7 Å². The largest absolute Gasteiger partial charge is 0.491 e. The average Bonchev–Trinajstić information content (AvgIpc) is 4.19. The van der Waals surface area contributed by atoms with Crippen molar-refractivity contribution < 1.29 is 38.5 Å². The van der Waals surface area contributed by atoms with Crippen LogP contribution >= 0.6 is 34.0 Å². The lowest BCUT2D eigenvalue weighted by Crippen LogP contribution is -2.57. The lowest BCUT2D eigenvalue weighted by Gasteiger charge is -2.35. The number of aryl methyl sites for hydroxylation is 3. The second kappa shape index (κ2) is 24.2. The summed E-state index contributed by atoms with van der Waals surface area (Å²) in [6.07, 6.45) is 0.495. The number of anilines is 4. The van der Waals surface area contributed by atoms with Gasteiger partial charge < -0.3 is 45.4 Å². The lowest BCUT2D eigenvalue weighted by atomic mass is 9.85. The summed E-state index contributed by atoms with van der Waals surface area (Å²) in [6, 6.07) is 21.5. The number of carbonyl (C=O) groups excluding carboxylic acids is 3. The van der Waals surface area contributed by atoms with Crippen LogP contribution in [0.15, 0.2) is 84.4 Å². The Kier molecular flexibility index (Phi) is 17.6. The second-order valence-corrected chi connectivity index (χ2v) is 22.2. The number of hydrogen-bond acceptors (Lipinski definition) is 17. The number of hydrogen-bond donors (Lipinski definition) is 5. The zero-order valence-corrected chi connectivity index (χ0v) is 44.6. The first-order valence-electron chi connectivity index (χ1n) is 24.4. The summed E-state index contributed by atoms with van der Waals surface area (Å²) in [5, 5.41) is 40.2. The fourth-order valence-electron chi connectivity index (χ4n) is 8.62. The van der Waals surface area contributed by atoms with Crippen molar-refractivity contribution in [2.75, 3.05) is 36.7 Å². The minimum absolute atomic E-state index is 0.0114. The van der Waals surface area contributed by atoms with Gasteiger partial charge in [-0.2, -0.15) is 0 Å². The van der Waals surface area contributed by atoms with Gasteiger partial charge in [0.25, 0.3) is 0 Å². The first kappa shape index (κ1) is 53.8. The summed E-state index contributed by atoms with van der Waals surface area (Å²) < 4.78 is 26.4. The highest BCUT2D eigenvalue weighted by atomic mass is 32.1. The number of thiazole rings is 3. The number of β-amino-alcohol motifs (C(OH)–C–C–N with tert-alkyl or cyclic N) is 1. The van der Waals surface area contributed by atoms with E-state index >= 15 is 0 Å². The molecule has 1 aliphatic rings. The van der Waals surface area contributed by atoms with Crippen LogP contribution in [0.25, 0.3) is 20.7 Å². The molecule has 0 bridgehead atoms. The maximum Gasteiger partial charge on any atom is 0.246 e. The molecule has 74 heavy (non-hydrogen) atoms. The van der Waals surface area contributed by atoms with Crippen LogP contribution in [0.1, 0.15) is 86.8 Å². The number of aliphatic hydroxyl groups excluding tert-OH is 2. The predicted octanol–water partition coefficient (Wildman–Crippen LogP) is 8.93. The van der Waals surface area contributed by atoms with Crippen molar-refractivity contribution in [2.24, 2.45) is 5.41 Å². The number of likely N-dealkylation sites (tertiary alicyclic amines) is 1. The first-order chi connectivity index (χ1) is 35.6. The molecule has 0 radical (unpaired) electrons. The number of aliphatic hydroxyl groups is 2. The number of carbonyl (C=O) groups is 3. The van der Waals surface area contributed by atoms with E-state index in [0.717, 1.165) is 42.4 Å². The zero-order valence-electron chi connectivity index (χ0n) is 42.1. The number of rotatable bonds is 22. The fourth-order valence-corrected chi connectivity index (χ4v) is 11.4. The Morgan fingerprint density at radius 1 is 0.973 bits per heavy atom. The average molecular weight is 1070 g/mol. The number of benzene rings is 3. The van der Waals surface area contributed by atoms with Crippen molar-refractivity contribution in [3.63, 3.8) is 0 Å². The number of fused-ring (bicyclic) bond motifs is 1. The molecule has 390 valence electrons. The van der Waals surface area contributed by atoms with E-state index in [1.807, 2.05) is 107 Å². The number of amides is 3. The molecule has 4 atom stereocenters. The second-order valence-electron chi connectivity index (χ2n) is 19.2. The standard InChI is InChI=1S/C53H61FN10O7S3/c1-31-25-44(61-62-48(31)60-51-57-38-14-8-10-16-42(38)73-51)63(52-58-39(28-70-30-65)43(74-52)17-12-24-71-41-15-9-7-13-37(41)54)23-11-18-45(67)59-47(53(4,5)6)50(69)64-27-36(66)26-40(64)49(68)56-32(2)34-19-21-35(22-20-34)46-33(3)55-29-72-46/h7-10,13-16,19-22,25,29,32,36,40,47,65-66H,11-12,17-18,23-24,26-28,30H2,1-6H3,(H,56,68)(H,59,67)(H,57,60,62)/t32-,36+,40-,47+/m0/s1. The van der Waals surface area contributed by atoms with Gasteiger partial charge in [0.15, 0.2) is 33.5 Å². The summed E-state index contributed by atoms with van der Waals surface area (Å²) in [5.74, 6) is -0.531. The van der Waals surface area contributed by atoms with E-state index in [4.69, 9.17) is 14.5 Å². The molecular formula is C53H61FN10O7S3. The highest BCUT2D eigenvalue weighted by Gasteiger charge is 2.44. The molecule has 1 aliphatic heterocycles. The van der Waals surface area contributed by atoms with Crippen LogP contribution in [0.3, 0.4) is 0 Å². The van der Waals surface area contributed by atoms with Gasteiger partial charge in [0, 0.05) is 30.8 Å². The van der Waals surface area contributed by atoms with Crippen LogP contribution in [-0.2, 0) is 32.1 Å². The molecule has 0 unspecified atom stereocenters.